The summed E-state index contributed by atoms with van der Waals surface area (Å²) in [6.07, 6.45) is 2.48. The first-order chi connectivity index (χ1) is 6.24. The van der Waals surface area contributed by atoms with E-state index in [1.54, 1.807) is 17.6 Å². The van der Waals surface area contributed by atoms with Crippen molar-refractivity contribution >= 4 is 11.9 Å². The number of carbonyl (C=O) groups is 1. The lowest BCUT2D eigenvalue weighted by atomic mass is 10.3. The molecule has 0 unspecified atom stereocenters. The number of aldehydes is 1. The van der Waals surface area contributed by atoms with Crippen molar-refractivity contribution in [3.8, 4) is 0 Å². The number of aromatic nitrogens is 3. The molecule has 2 heterocycles. The minimum atomic E-state index is 0.573. The van der Waals surface area contributed by atoms with E-state index in [0.29, 0.717) is 11.2 Å². The van der Waals surface area contributed by atoms with Gasteiger partial charge in [-0.15, -0.1) is 0 Å². The summed E-state index contributed by atoms with van der Waals surface area (Å²) in [5, 5.41) is 4.21. The molecule has 4 heteroatoms. The first-order valence-electron chi connectivity index (χ1n) is 4.00. The van der Waals surface area contributed by atoms with Crippen molar-refractivity contribution < 1.29 is 4.79 Å². The molecule has 0 N–H and O–H groups in total. The second-order valence-electron chi connectivity index (χ2n) is 2.94. The Kier molecular flexibility index (Phi) is 1.62. The number of nitrogens with zero attached hydrogens (tertiary/aromatic N) is 3. The molecule has 0 aliphatic carbocycles. The zero-order valence-electron chi connectivity index (χ0n) is 7.48. The molecule has 2 aromatic heterocycles. The third kappa shape index (κ3) is 1.02. The molecule has 4 nitrogen and oxygen atoms in total. The standard InChI is InChI=1S/C9H9N3O/c1-6-3-4-10-9-8(5-13)7(2)11-12(6)9/h3-5H,1-2H3. The summed E-state index contributed by atoms with van der Waals surface area (Å²) in [4.78, 5) is 14.8. The number of aryl methyl sites for hydroxylation is 2. The molecule has 0 radical (unpaired) electrons. The Morgan fingerprint density at radius 3 is 2.92 bits per heavy atom. The zero-order chi connectivity index (χ0) is 9.42. The molecule has 0 fully saturated rings. The zero-order valence-corrected chi connectivity index (χ0v) is 7.48. The molecule has 0 saturated carbocycles. The molecule has 0 atom stereocenters. The van der Waals surface area contributed by atoms with Gasteiger partial charge in [-0.3, -0.25) is 4.79 Å². The topological polar surface area (TPSA) is 47.3 Å². The van der Waals surface area contributed by atoms with Gasteiger partial charge < -0.3 is 0 Å². The Morgan fingerprint density at radius 2 is 2.23 bits per heavy atom. The number of rotatable bonds is 1. The molecule has 0 aliphatic heterocycles. The van der Waals surface area contributed by atoms with Crippen LogP contribution >= 0.6 is 0 Å². The smallest absolute Gasteiger partial charge is 0.166 e. The molecule has 2 rings (SSSR count). The van der Waals surface area contributed by atoms with Gasteiger partial charge in [-0.2, -0.15) is 5.10 Å². The van der Waals surface area contributed by atoms with Gasteiger partial charge in [0, 0.05) is 11.9 Å². The first kappa shape index (κ1) is 7.91. The Labute approximate surface area is 75.2 Å². The third-order valence-electron chi connectivity index (χ3n) is 2.05. The van der Waals surface area contributed by atoms with E-state index in [-0.39, 0.29) is 0 Å². The maximum Gasteiger partial charge on any atom is 0.166 e. The van der Waals surface area contributed by atoms with Crippen molar-refractivity contribution in [2.45, 2.75) is 13.8 Å². The molecule has 0 spiro atoms. The van der Waals surface area contributed by atoms with Gasteiger partial charge in [0.1, 0.15) is 0 Å². The van der Waals surface area contributed by atoms with Crippen molar-refractivity contribution in [3.05, 3.63) is 29.2 Å². The van der Waals surface area contributed by atoms with Crippen molar-refractivity contribution in [2.75, 3.05) is 0 Å². The Hall–Kier alpha value is -1.71. The maximum atomic E-state index is 10.7. The van der Waals surface area contributed by atoms with Crippen molar-refractivity contribution in [3.63, 3.8) is 0 Å². The van der Waals surface area contributed by atoms with Crippen LogP contribution in [-0.4, -0.2) is 20.9 Å². The summed E-state index contributed by atoms with van der Waals surface area (Å²) in [5.41, 5.74) is 2.90. The van der Waals surface area contributed by atoms with Gasteiger partial charge in [-0.1, -0.05) is 0 Å². The highest BCUT2D eigenvalue weighted by molar-refractivity contribution is 5.85. The molecular formula is C9H9N3O. The molecule has 0 aromatic carbocycles. The molecule has 0 bridgehead atoms. The van der Waals surface area contributed by atoms with Crippen LogP contribution in [0.2, 0.25) is 0 Å². The van der Waals surface area contributed by atoms with Crippen LogP contribution in [0.3, 0.4) is 0 Å². The molecule has 0 amide bonds. The summed E-state index contributed by atoms with van der Waals surface area (Å²) >= 11 is 0. The van der Waals surface area contributed by atoms with Crippen LogP contribution in [0.1, 0.15) is 21.7 Å². The normalized spacial score (nSPS) is 10.6. The van der Waals surface area contributed by atoms with E-state index in [2.05, 4.69) is 10.1 Å². The van der Waals surface area contributed by atoms with Gasteiger partial charge in [0.05, 0.1) is 11.3 Å². The first-order valence-corrected chi connectivity index (χ1v) is 4.00. The molecule has 13 heavy (non-hydrogen) atoms. The van der Waals surface area contributed by atoms with E-state index in [0.717, 1.165) is 17.7 Å². The minimum absolute atomic E-state index is 0.573. The lowest BCUT2D eigenvalue weighted by molar-refractivity contribution is 0.112. The number of carbonyl (C=O) groups excluding carboxylic acids is 1. The molecule has 0 aliphatic rings. The quantitative estimate of drug-likeness (QED) is 0.611. The molecule has 2 aromatic rings. The van der Waals surface area contributed by atoms with Crippen molar-refractivity contribution in [1.82, 2.24) is 14.6 Å². The predicted octanol–water partition coefficient (Wildman–Crippen LogP) is 1.16. The van der Waals surface area contributed by atoms with Crippen LogP contribution in [0, 0.1) is 13.8 Å². The van der Waals surface area contributed by atoms with Crippen LogP contribution in [0.25, 0.3) is 5.65 Å². The summed E-state index contributed by atoms with van der Waals surface area (Å²) in [6, 6.07) is 1.86. The Balaban J connectivity index is 2.93. The fourth-order valence-electron chi connectivity index (χ4n) is 1.32. The Morgan fingerprint density at radius 1 is 1.46 bits per heavy atom. The van der Waals surface area contributed by atoms with Crippen LogP contribution in [0.4, 0.5) is 0 Å². The number of hydrogen-bond acceptors (Lipinski definition) is 3. The van der Waals surface area contributed by atoms with Gasteiger partial charge in [0.2, 0.25) is 0 Å². The van der Waals surface area contributed by atoms with Crippen LogP contribution in [0.15, 0.2) is 12.3 Å². The summed E-state index contributed by atoms with van der Waals surface area (Å²) in [6.45, 7) is 3.73. The summed E-state index contributed by atoms with van der Waals surface area (Å²) in [5.74, 6) is 0. The van der Waals surface area contributed by atoms with E-state index < -0.39 is 0 Å². The Bertz CT molecular complexity index is 473. The SMILES string of the molecule is Cc1nn2c(C)ccnc2c1C=O. The van der Waals surface area contributed by atoms with Gasteiger partial charge in [0.15, 0.2) is 11.9 Å². The highest BCUT2D eigenvalue weighted by atomic mass is 16.1. The average molecular weight is 175 g/mol. The lowest BCUT2D eigenvalue weighted by Crippen LogP contribution is -1.94. The average Bonchev–Trinajstić information content (AvgIpc) is 2.43. The molecule has 0 saturated heterocycles. The van der Waals surface area contributed by atoms with Crippen LogP contribution in [-0.2, 0) is 0 Å². The third-order valence-corrected chi connectivity index (χ3v) is 2.05. The van der Waals surface area contributed by atoms with Gasteiger partial charge >= 0.3 is 0 Å². The van der Waals surface area contributed by atoms with Gasteiger partial charge in [-0.05, 0) is 19.9 Å². The fraction of sp³-hybridized carbons (Fsp3) is 0.222. The fourth-order valence-corrected chi connectivity index (χ4v) is 1.32. The highest BCUT2D eigenvalue weighted by Crippen LogP contribution is 2.11. The van der Waals surface area contributed by atoms with Crippen molar-refractivity contribution in [2.24, 2.45) is 0 Å². The minimum Gasteiger partial charge on any atom is -0.298 e. The second kappa shape index (κ2) is 2.65. The second-order valence-corrected chi connectivity index (χ2v) is 2.94. The predicted molar refractivity (Wildman–Crippen MR) is 47.8 cm³/mol. The summed E-state index contributed by atoms with van der Waals surface area (Å²) < 4.78 is 1.68. The molecular weight excluding hydrogens is 166 g/mol. The summed E-state index contributed by atoms with van der Waals surface area (Å²) in [7, 11) is 0. The number of fused-ring (bicyclic) bond motifs is 1. The largest absolute Gasteiger partial charge is 0.298 e. The van der Waals surface area contributed by atoms with E-state index in [9.17, 15) is 4.79 Å². The van der Waals surface area contributed by atoms with E-state index in [1.165, 1.54) is 0 Å². The lowest BCUT2D eigenvalue weighted by Gasteiger charge is -1.95. The van der Waals surface area contributed by atoms with Gasteiger partial charge in [-0.25, -0.2) is 9.50 Å². The van der Waals surface area contributed by atoms with Gasteiger partial charge in [0.25, 0.3) is 0 Å². The monoisotopic (exact) mass is 175 g/mol. The van der Waals surface area contributed by atoms with Crippen LogP contribution < -0.4 is 0 Å². The van der Waals surface area contributed by atoms with E-state index in [1.807, 2.05) is 13.0 Å². The highest BCUT2D eigenvalue weighted by Gasteiger charge is 2.09. The van der Waals surface area contributed by atoms with E-state index in [4.69, 9.17) is 0 Å². The van der Waals surface area contributed by atoms with Crippen molar-refractivity contribution in [1.29, 1.82) is 0 Å². The van der Waals surface area contributed by atoms with E-state index >= 15 is 0 Å². The van der Waals surface area contributed by atoms with Crippen LogP contribution in [0.5, 0.6) is 0 Å². The molecule has 66 valence electrons. The maximum absolute atomic E-state index is 10.7. The number of hydrogen-bond donors (Lipinski definition) is 0.